The van der Waals surface area contributed by atoms with Gasteiger partial charge in [0.05, 0.1) is 11.0 Å². The average molecular weight is 314 g/mol. The molecule has 24 heavy (non-hydrogen) atoms. The van der Waals surface area contributed by atoms with Crippen LogP contribution in [0.2, 0.25) is 0 Å². The zero-order chi connectivity index (χ0) is 16.4. The molecule has 0 spiro atoms. The highest BCUT2D eigenvalue weighted by atomic mass is 15.0. The van der Waals surface area contributed by atoms with Crippen LogP contribution in [-0.4, -0.2) is 14.5 Å². The Hall–Kier alpha value is -3.14. The molecule has 0 aliphatic heterocycles. The zero-order valence-electron chi connectivity index (χ0n) is 13.5. The summed E-state index contributed by atoms with van der Waals surface area (Å²) in [4.78, 5) is 8.86. The molecule has 2 aromatic heterocycles. The molecule has 1 N–H and O–H groups in total. The average Bonchev–Trinajstić information content (AvgIpc) is 3.05. The number of nitrogens with zero attached hydrogens (tertiary/aromatic N) is 3. The molecule has 0 bridgehead atoms. The maximum atomic E-state index is 4.53. The van der Waals surface area contributed by atoms with E-state index in [2.05, 4.69) is 56.3 Å². The molecule has 118 valence electrons. The molecular formula is C20H18N4. The van der Waals surface area contributed by atoms with E-state index in [1.165, 1.54) is 0 Å². The number of aryl methyl sites for hydroxylation is 1. The Morgan fingerprint density at radius 1 is 0.958 bits per heavy atom. The van der Waals surface area contributed by atoms with Gasteiger partial charge in [-0.05, 0) is 48.9 Å². The SMILES string of the molecule is Cc1ccc(CNc2ccc3c(c2)ncn3-c2ccccc2)cn1. The van der Waals surface area contributed by atoms with Crippen molar-refractivity contribution in [2.24, 2.45) is 0 Å². The fraction of sp³-hybridized carbons (Fsp3) is 0.100. The van der Waals surface area contributed by atoms with Crippen molar-refractivity contribution in [1.29, 1.82) is 0 Å². The Labute approximate surface area is 140 Å². The highest BCUT2D eigenvalue weighted by Gasteiger charge is 2.05. The van der Waals surface area contributed by atoms with E-state index >= 15 is 0 Å². The molecule has 0 fully saturated rings. The minimum atomic E-state index is 0.748. The van der Waals surface area contributed by atoms with Gasteiger partial charge in [-0.1, -0.05) is 24.3 Å². The van der Waals surface area contributed by atoms with Crippen LogP contribution in [0.5, 0.6) is 0 Å². The van der Waals surface area contributed by atoms with Crippen molar-refractivity contribution in [3.8, 4) is 5.69 Å². The Bertz CT molecular complexity index is 956. The van der Waals surface area contributed by atoms with Crippen molar-refractivity contribution in [2.75, 3.05) is 5.32 Å². The normalized spacial score (nSPS) is 10.9. The fourth-order valence-electron chi connectivity index (χ4n) is 2.72. The largest absolute Gasteiger partial charge is 0.381 e. The van der Waals surface area contributed by atoms with Crippen LogP contribution < -0.4 is 5.32 Å². The number of imidazole rings is 1. The van der Waals surface area contributed by atoms with Crippen molar-refractivity contribution in [1.82, 2.24) is 14.5 Å². The third-order valence-electron chi connectivity index (χ3n) is 4.05. The van der Waals surface area contributed by atoms with Crippen molar-refractivity contribution in [3.05, 3.63) is 84.4 Å². The van der Waals surface area contributed by atoms with E-state index in [0.29, 0.717) is 0 Å². The van der Waals surface area contributed by atoms with E-state index in [0.717, 1.165) is 40.2 Å². The predicted octanol–water partition coefficient (Wildman–Crippen LogP) is 4.34. The number of nitrogens with one attached hydrogen (secondary N) is 1. The van der Waals surface area contributed by atoms with Crippen molar-refractivity contribution >= 4 is 16.7 Å². The van der Waals surface area contributed by atoms with E-state index in [4.69, 9.17) is 0 Å². The van der Waals surface area contributed by atoms with Gasteiger partial charge >= 0.3 is 0 Å². The molecule has 0 saturated heterocycles. The van der Waals surface area contributed by atoms with Gasteiger partial charge in [0, 0.05) is 29.8 Å². The van der Waals surface area contributed by atoms with Crippen LogP contribution in [0.3, 0.4) is 0 Å². The lowest BCUT2D eigenvalue weighted by atomic mass is 10.2. The van der Waals surface area contributed by atoms with E-state index in [9.17, 15) is 0 Å². The minimum absolute atomic E-state index is 0.748. The molecule has 4 nitrogen and oxygen atoms in total. The molecule has 4 aromatic rings. The van der Waals surface area contributed by atoms with Crippen LogP contribution in [0.15, 0.2) is 73.2 Å². The van der Waals surface area contributed by atoms with Gasteiger partial charge in [0.25, 0.3) is 0 Å². The van der Waals surface area contributed by atoms with E-state index < -0.39 is 0 Å². The minimum Gasteiger partial charge on any atom is -0.381 e. The lowest BCUT2D eigenvalue weighted by Crippen LogP contribution is -2.00. The summed E-state index contributed by atoms with van der Waals surface area (Å²) in [5.74, 6) is 0. The lowest BCUT2D eigenvalue weighted by molar-refractivity contribution is 1.08. The van der Waals surface area contributed by atoms with Crippen molar-refractivity contribution in [3.63, 3.8) is 0 Å². The van der Waals surface area contributed by atoms with Crippen LogP contribution in [0, 0.1) is 6.92 Å². The molecule has 0 saturated carbocycles. The molecular weight excluding hydrogens is 296 g/mol. The maximum absolute atomic E-state index is 4.53. The number of aromatic nitrogens is 3. The van der Waals surface area contributed by atoms with Crippen LogP contribution in [0.4, 0.5) is 5.69 Å². The molecule has 2 aromatic carbocycles. The number of para-hydroxylation sites is 1. The second kappa shape index (κ2) is 6.16. The van der Waals surface area contributed by atoms with Gasteiger partial charge in [-0.25, -0.2) is 4.98 Å². The summed E-state index contributed by atoms with van der Waals surface area (Å²) < 4.78 is 2.10. The lowest BCUT2D eigenvalue weighted by Gasteiger charge is -2.08. The fourth-order valence-corrected chi connectivity index (χ4v) is 2.72. The summed E-state index contributed by atoms with van der Waals surface area (Å²) >= 11 is 0. The summed E-state index contributed by atoms with van der Waals surface area (Å²) in [5.41, 5.74) is 6.45. The molecule has 0 atom stereocenters. The standard InChI is InChI=1S/C20H18N4/c1-15-7-8-16(12-21-15)13-22-17-9-10-20-19(11-17)23-14-24(20)18-5-3-2-4-6-18/h2-12,14,22H,13H2,1H3. The molecule has 2 heterocycles. The van der Waals surface area contributed by atoms with E-state index in [-0.39, 0.29) is 0 Å². The molecule has 0 unspecified atom stereocenters. The molecule has 0 aliphatic rings. The van der Waals surface area contributed by atoms with Crippen LogP contribution in [-0.2, 0) is 6.54 Å². The molecule has 4 rings (SSSR count). The summed E-state index contributed by atoms with van der Waals surface area (Å²) in [6.07, 6.45) is 3.78. The highest BCUT2D eigenvalue weighted by molar-refractivity contribution is 5.81. The van der Waals surface area contributed by atoms with Gasteiger partial charge in [0.2, 0.25) is 0 Å². The monoisotopic (exact) mass is 314 g/mol. The Morgan fingerprint density at radius 3 is 2.62 bits per heavy atom. The van der Waals surface area contributed by atoms with Gasteiger partial charge in [-0.3, -0.25) is 9.55 Å². The number of hydrogen-bond donors (Lipinski definition) is 1. The second-order valence-electron chi connectivity index (χ2n) is 5.81. The smallest absolute Gasteiger partial charge is 0.100 e. The Morgan fingerprint density at radius 2 is 1.83 bits per heavy atom. The van der Waals surface area contributed by atoms with E-state index in [1.807, 2.05) is 43.7 Å². The van der Waals surface area contributed by atoms with Gasteiger partial charge in [-0.15, -0.1) is 0 Å². The summed E-state index contributed by atoms with van der Waals surface area (Å²) in [6.45, 7) is 2.74. The first-order chi connectivity index (χ1) is 11.8. The summed E-state index contributed by atoms with van der Waals surface area (Å²) in [5, 5.41) is 3.43. The van der Waals surface area contributed by atoms with Crippen LogP contribution in [0.25, 0.3) is 16.7 Å². The van der Waals surface area contributed by atoms with Gasteiger partial charge < -0.3 is 5.32 Å². The number of rotatable bonds is 4. The number of anilines is 1. The number of hydrogen-bond acceptors (Lipinski definition) is 3. The first-order valence-corrected chi connectivity index (χ1v) is 7.97. The summed E-state index contributed by atoms with van der Waals surface area (Å²) in [6, 6.07) is 20.6. The van der Waals surface area contributed by atoms with Gasteiger partial charge in [-0.2, -0.15) is 0 Å². The molecule has 0 aliphatic carbocycles. The Kier molecular flexibility index (Phi) is 3.71. The van der Waals surface area contributed by atoms with Gasteiger partial charge in [0.15, 0.2) is 0 Å². The van der Waals surface area contributed by atoms with Crippen molar-refractivity contribution in [2.45, 2.75) is 13.5 Å². The first-order valence-electron chi connectivity index (χ1n) is 7.97. The van der Waals surface area contributed by atoms with Crippen LogP contribution in [0.1, 0.15) is 11.3 Å². The number of pyridine rings is 1. The summed E-state index contributed by atoms with van der Waals surface area (Å²) in [7, 11) is 0. The second-order valence-corrected chi connectivity index (χ2v) is 5.81. The topological polar surface area (TPSA) is 42.7 Å². The predicted molar refractivity (Wildman–Crippen MR) is 97.4 cm³/mol. The third kappa shape index (κ3) is 2.86. The molecule has 0 amide bonds. The zero-order valence-corrected chi connectivity index (χ0v) is 13.5. The van der Waals surface area contributed by atoms with Crippen LogP contribution >= 0.6 is 0 Å². The third-order valence-corrected chi connectivity index (χ3v) is 4.05. The quantitative estimate of drug-likeness (QED) is 0.609. The first kappa shape index (κ1) is 14.5. The Balaban J connectivity index is 1.57. The van der Waals surface area contributed by atoms with E-state index in [1.54, 1.807) is 0 Å². The van der Waals surface area contributed by atoms with Gasteiger partial charge in [0.1, 0.15) is 6.33 Å². The molecule has 0 radical (unpaired) electrons. The highest BCUT2D eigenvalue weighted by Crippen LogP contribution is 2.21. The number of fused-ring (bicyclic) bond motifs is 1. The molecule has 4 heteroatoms. The maximum Gasteiger partial charge on any atom is 0.100 e. The van der Waals surface area contributed by atoms with Crippen molar-refractivity contribution < 1.29 is 0 Å². The number of benzene rings is 2.